The second-order valence-electron chi connectivity index (χ2n) is 4.78. The lowest BCUT2D eigenvalue weighted by Crippen LogP contribution is -2.36. The Morgan fingerprint density at radius 3 is 1.80 bits per heavy atom. The normalized spacial score (nSPS) is 16.1. The first kappa shape index (κ1) is 14.3. The first-order chi connectivity index (χ1) is 6.93. The maximum Gasteiger partial charge on any atom is 0.0495 e. The molecule has 0 aromatic carbocycles. The molecule has 1 N–H and O–H groups in total. The van der Waals surface area contributed by atoms with Gasteiger partial charge in [-0.25, -0.2) is 0 Å². The molecule has 15 heavy (non-hydrogen) atoms. The molecule has 0 aliphatic rings. The Labute approximate surface area is 95.7 Å². The van der Waals surface area contributed by atoms with E-state index in [2.05, 4.69) is 65.9 Å². The smallest absolute Gasteiger partial charge is 0.0495 e. The molecule has 1 nitrogen and oxygen atoms in total. The Morgan fingerprint density at radius 1 is 1.00 bits per heavy atom. The zero-order valence-electron chi connectivity index (χ0n) is 11.4. The molecule has 1 heteroatoms. The van der Waals surface area contributed by atoms with Crippen molar-refractivity contribution in [1.82, 2.24) is 5.32 Å². The van der Waals surface area contributed by atoms with Crippen LogP contribution in [0.5, 0.6) is 0 Å². The number of allylic oxidation sites excluding steroid dienone is 3. The molecule has 0 amide bonds. The van der Waals surface area contributed by atoms with Crippen molar-refractivity contribution in [2.24, 2.45) is 11.8 Å². The predicted molar refractivity (Wildman–Crippen MR) is 69.8 cm³/mol. The fraction of sp³-hybridized carbons (Fsp3) is 0.714. The standard InChI is InChI=1S/C14H27N/c1-8-12(7)15-14(11(5)6)13(9-2)10(3)4/h8-11,14-15H,1-7H3/b12-8-,13-9-. The van der Waals surface area contributed by atoms with Crippen LogP contribution in [-0.4, -0.2) is 6.04 Å². The van der Waals surface area contributed by atoms with Crippen LogP contribution < -0.4 is 5.32 Å². The topological polar surface area (TPSA) is 12.0 Å². The molecule has 0 bridgehead atoms. The van der Waals surface area contributed by atoms with Crippen molar-refractivity contribution in [2.75, 3.05) is 0 Å². The van der Waals surface area contributed by atoms with Crippen LogP contribution in [0.1, 0.15) is 48.5 Å². The van der Waals surface area contributed by atoms with Crippen molar-refractivity contribution in [3.63, 3.8) is 0 Å². The summed E-state index contributed by atoms with van der Waals surface area (Å²) >= 11 is 0. The molecule has 0 saturated carbocycles. The largest absolute Gasteiger partial charge is 0.382 e. The summed E-state index contributed by atoms with van der Waals surface area (Å²) in [6.07, 6.45) is 4.38. The highest BCUT2D eigenvalue weighted by atomic mass is 14.9. The highest BCUT2D eigenvalue weighted by molar-refractivity contribution is 5.16. The van der Waals surface area contributed by atoms with Crippen LogP contribution in [0.25, 0.3) is 0 Å². The number of nitrogens with one attached hydrogen (secondary N) is 1. The molecule has 88 valence electrons. The summed E-state index contributed by atoms with van der Waals surface area (Å²) in [6.45, 7) is 15.4. The molecule has 0 spiro atoms. The predicted octanol–water partition coefficient (Wildman–Crippen LogP) is 4.13. The SMILES string of the molecule is C/C=C(/C)NC(/C(=C\C)C(C)C)C(C)C. The first-order valence-corrected chi connectivity index (χ1v) is 5.99. The van der Waals surface area contributed by atoms with E-state index in [9.17, 15) is 0 Å². The highest BCUT2D eigenvalue weighted by Crippen LogP contribution is 2.21. The molecule has 1 unspecified atom stereocenters. The Balaban J connectivity index is 4.80. The molecule has 0 radical (unpaired) electrons. The summed E-state index contributed by atoms with van der Waals surface area (Å²) in [5, 5.41) is 3.59. The summed E-state index contributed by atoms with van der Waals surface area (Å²) in [5.74, 6) is 1.23. The minimum absolute atomic E-state index is 0.464. The van der Waals surface area contributed by atoms with Gasteiger partial charge >= 0.3 is 0 Å². The third kappa shape index (κ3) is 4.55. The molecular weight excluding hydrogens is 182 g/mol. The molecule has 0 aromatic rings. The van der Waals surface area contributed by atoms with Gasteiger partial charge in [0.2, 0.25) is 0 Å². The molecule has 0 aliphatic heterocycles. The third-order valence-corrected chi connectivity index (χ3v) is 2.84. The summed E-state index contributed by atoms with van der Waals surface area (Å²) in [6, 6.07) is 0.464. The van der Waals surface area contributed by atoms with Crippen LogP contribution in [0.4, 0.5) is 0 Å². The molecule has 0 aromatic heterocycles. The van der Waals surface area contributed by atoms with Gasteiger partial charge < -0.3 is 5.32 Å². The Bertz CT molecular complexity index is 234. The Hall–Kier alpha value is -0.720. The van der Waals surface area contributed by atoms with Crippen LogP contribution >= 0.6 is 0 Å². The maximum absolute atomic E-state index is 3.59. The third-order valence-electron chi connectivity index (χ3n) is 2.84. The van der Waals surface area contributed by atoms with E-state index in [1.807, 2.05) is 0 Å². The lowest BCUT2D eigenvalue weighted by Gasteiger charge is -2.29. The number of rotatable bonds is 5. The molecule has 1 atom stereocenters. The summed E-state index contributed by atoms with van der Waals surface area (Å²) in [5.41, 5.74) is 2.76. The van der Waals surface area contributed by atoms with Gasteiger partial charge in [-0.05, 0) is 38.2 Å². The lowest BCUT2D eigenvalue weighted by molar-refractivity contribution is 0.449. The molecule has 0 heterocycles. The van der Waals surface area contributed by atoms with E-state index in [0.717, 1.165) is 0 Å². The molecular formula is C14H27N. The fourth-order valence-electron chi connectivity index (χ4n) is 1.84. The second kappa shape index (κ2) is 6.71. The monoisotopic (exact) mass is 209 g/mol. The Morgan fingerprint density at radius 2 is 1.53 bits per heavy atom. The van der Waals surface area contributed by atoms with Gasteiger partial charge in [-0.15, -0.1) is 0 Å². The summed E-state index contributed by atoms with van der Waals surface area (Å²) in [4.78, 5) is 0. The molecule has 0 aliphatic carbocycles. The van der Waals surface area contributed by atoms with Gasteiger partial charge in [0.25, 0.3) is 0 Å². The first-order valence-electron chi connectivity index (χ1n) is 5.99. The van der Waals surface area contributed by atoms with Crippen LogP contribution in [0.3, 0.4) is 0 Å². The second-order valence-corrected chi connectivity index (χ2v) is 4.78. The van der Waals surface area contributed by atoms with Gasteiger partial charge in [0.1, 0.15) is 0 Å². The van der Waals surface area contributed by atoms with Crippen molar-refractivity contribution in [3.8, 4) is 0 Å². The van der Waals surface area contributed by atoms with Gasteiger partial charge in [-0.1, -0.05) is 39.8 Å². The van der Waals surface area contributed by atoms with Gasteiger partial charge in [0.05, 0.1) is 0 Å². The van der Waals surface area contributed by atoms with Crippen molar-refractivity contribution in [2.45, 2.75) is 54.5 Å². The van der Waals surface area contributed by atoms with E-state index in [1.54, 1.807) is 0 Å². The van der Waals surface area contributed by atoms with E-state index in [0.29, 0.717) is 17.9 Å². The van der Waals surface area contributed by atoms with Crippen molar-refractivity contribution in [1.29, 1.82) is 0 Å². The highest BCUT2D eigenvalue weighted by Gasteiger charge is 2.19. The van der Waals surface area contributed by atoms with E-state index >= 15 is 0 Å². The van der Waals surface area contributed by atoms with Crippen LogP contribution in [0.2, 0.25) is 0 Å². The number of hydrogen-bond donors (Lipinski definition) is 1. The molecule has 0 rings (SSSR count). The van der Waals surface area contributed by atoms with E-state index in [4.69, 9.17) is 0 Å². The van der Waals surface area contributed by atoms with Crippen molar-refractivity contribution < 1.29 is 0 Å². The van der Waals surface area contributed by atoms with Gasteiger partial charge in [-0.3, -0.25) is 0 Å². The van der Waals surface area contributed by atoms with Crippen LogP contribution in [0.15, 0.2) is 23.4 Å². The average Bonchev–Trinajstić information content (AvgIpc) is 2.16. The van der Waals surface area contributed by atoms with Crippen molar-refractivity contribution in [3.05, 3.63) is 23.4 Å². The minimum atomic E-state index is 0.464. The maximum atomic E-state index is 3.59. The van der Waals surface area contributed by atoms with Gasteiger partial charge in [0.15, 0.2) is 0 Å². The van der Waals surface area contributed by atoms with Crippen LogP contribution in [-0.2, 0) is 0 Å². The van der Waals surface area contributed by atoms with E-state index in [-0.39, 0.29) is 0 Å². The lowest BCUT2D eigenvalue weighted by atomic mass is 9.88. The molecule has 0 fully saturated rings. The summed E-state index contributed by atoms with van der Waals surface area (Å²) < 4.78 is 0. The summed E-state index contributed by atoms with van der Waals surface area (Å²) in [7, 11) is 0. The van der Waals surface area contributed by atoms with E-state index in [1.165, 1.54) is 11.3 Å². The fourth-order valence-corrected chi connectivity index (χ4v) is 1.84. The van der Waals surface area contributed by atoms with Crippen LogP contribution in [0, 0.1) is 11.8 Å². The number of hydrogen-bond acceptors (Lipinski definition) is 1. The van der Waals surface area contributed by atoms with Crippen molar-refractivity contribution >= 4 is 0 Å². The minimum Gasteiger partial charge on any atom is -0.382 e. The van der Waals surface area contributed by atoms with E-state index < -0.39 is 0 Å². The zero-order valence-corrected chi connectivity index (χ0v) is 11.4. The quantitative estimate of drug-likeness (QED) is 0.671. The zero-order chi connectivity index (χ0) is 12.0. The average molecular weight is 209 g/mol. The van der Waals surface area contributed by atoms with Gasteiger partial charge in [0, 0.05) is 11.7 Å². The molecule has 0 saturated heterocycles. The van der Waals surface area contributed by atoms with Gasteiger partial charge in [-0.2, -0.15) is 0 Å². The Kier molecular flexibility index (Phi) is 6.38.